The molecule has 0 saturated carbocycles. The van der Waals surface area contributed by atoms with E-state index in [1.54, 1.807) is 12.1 Å². The molecule has 0 atom stereocenters. The Bertz CT molecular complexity index is 1040. The molecule has 0 aliphatic heterocycles. The maximum absolute atomic E-state index is 14.9. The van der Waals surface area contributed by atoms with Crippen molar-refractivity contribution in [3.05, 3.63) is 64.3 Å². The minimum absolute atomic E-state index is 0.350. The van der Waals surface area contributed by atoms with Crippen LogP contribution in [-0.4, -0.2) is 53.9 Å². The van der Waals surface area contributed by atoms with E-state index >= 15 is 0 Å². The summed E-state index contributed by atoms with van der Waals surface area (Å²) >= 11 is 0. The van der Waals surface area contributed by atoms with Gasteiger partial charge in [-0.3, -0.25) is 0 Å². The molecule has 0 amide bonds. The summed E-state index contributed by atoms with van der Waals surface area (Å²) in [6, 6.07) is 12.7. The lowest BCUT2D eigenvalue weighted by Gasteiger charge is -2.22. The largest absolute Gasteiger partial charge is 0.371 e. The number of halogens is 1. The van der Waals surface area contributed by atoms with E-state index < -0.39 is 5.69 Å². The van der Waals surface area contributed by atoms with Gasteiger partial charge in [0.15, 0.2) is 5.82 Å². The van der Waals surface area contributed by atoms with Gasteiger partial charge < -0.3 is 9.80 Å². The zero-order valence-corrected chi connectivity index (χ0v) is 17.6. The van der Waals surface area contributed by atoms with Crippen LogP contribution in [0.1, 0.15) is 25.3 Å². The van der Waals surface area contributed by atoms with Crippen molar-refractivity contribution in [3.8, 4) is 17.1 Å². The fourth-order valence-electron chi connectivity index (χ4n) is 3.18. The number of hydrogen-bond donors (Lipinski definition) is 1. The van der Waals surface area contributed by atoms with Crippen LogP contribution < -0.4 is 10.6 Å². The van der Waals surface area contributed by atoms with E-state index in [9.17, 15) is 9.18 Å². The fourth-order valence-corrected chi connectivity index (χ4v) is 3.18. The van der Waals surface area contributed by atoms with Crippen LogP contribution in [-0.2, 0) is 0 Å². The Balaban J connectivity index is 1.98. The van der Waals surface area contributed by atoms with Gasteiger partial charge >= 0.3 is 5.69 Å². The number of nitrogens with zero attached hydrogens (tertiary/aromatic N) is 4. The maximum atomic E-state index is 14.9. The highest BCUT2D eigenvalue weighted by Crippen LogP contribution is 2.26. The third-order valence-corrected chi connectivity index (χ3v) is 4.97. The first-order valence-electron chi connectivity index (χ1n) is 9.71. The Morgan fingerprint density at radius 2 is 1.86 bits per heavy atom. The van der Waals surface area contributed by atoms with Gasteiger partial charge in [0.05, 0.1) is 11.4 Å². The molecule has 1 heterocycles. The third-order valence-electron chi connectivity index (χ3n) is 4.97. The van der Waals surface area contributed by atoms with E-state index in [0.29, 0.717) is 29.7 Å². The van der Waals surface area contributed by atoms with E-state index in [4.69, 9.17) is 0 Å². The average molecular weight is 397 g/mol. The molecule has 29 heavy (non-hydrogen) atoms. The number of likely N-dealkylation sites (N-methyl/N-ethyl adjacent to an activating group) is 2. The predicted molar refractivity (Wildman–Crippen MR) is 115 cm³/mol. The highest BCUT2D eigenvalue weighted by Gasteiger charge is 2.16. The molecule has 3 aromatic rings. The molecule has 0 aliphatic rings. The molecule has 6 nitrogen and oxygen atoms in total. The molecular formula is C22H28FN5O. The van der Waals surface area contributed by atoms with Crippen molar-refractivity contribution in [2.24, 2.45) is 0 Å². The molecule has 154 valence electrons. The quantitative estimate of drug-likeness (QED) is 0.663. The first-order valence-corrected chi connectivity index (χ1v) is 9.71. The van der Waals surface area contributed by atoms with Crippen LogP contribution in [0.2, 0.25) is 0 Å². The highest BCUT2D eigenvalue weighted by molar-refractivity contribution is 5.60. The topological polar surface area (TPSA) is 57.2 Å². The van der Waals surface area contributed by atoms with Gasteiger partial charge in [-0.2, -0.15) is 5.10 Å². The number of aromatic amines is 1. The van der Waals surface area contributed by atoms with Crippen molar-refractivity contribution in [2.75, 3.05) is 39.1 Å². The zero-order valence-electron chi connectivity index (χ0n) is 17.6. The van der Waals surface area contributed by atoms with Crippen molar-refractivity contribution in [3.63, 3.8) is 0 Å². The SMILES string of the molecule is CC(C)c1cccc(-c2n[nH]c(=O)n2-c2ccc(N(C)CCN(C)C)c(F)c2)c1. The van der Waals surface area contributed by atoms with Crippen LogP contribution in [0.5, 0.6) is 0 Å². The average Bonchev–Trinajstić information content (AvgIpc) is 3.07. The van der Waals surface area contributed by atoms with Crippen molar-refractivity contribution in [1.82, 2.24) is 19.7 Å². The van der Waals surface area contributed by atoms with Crippen LogP contribution in [0.4, 0.5) is 10.1 Å². The van der Waals surface area contributed by atoms with Crippen LogP contribution in [0.25, 0.3) is 17.1 Å². The molecule has 0 fully saturated rings. The first-order chi connectivity index (χ1) is 13.8. The van der Waals surface area contributed by atoms with E-state index in [1.807, 2.05) is 55.2 Å². The zero-order chi connectivity index (χ0) is 21.1. The van der Waals surface area contributed by atoms with Gasteiger partial charge in [0.1, 0.15) is 5.82 Å². The van der Waals surface area contributed by atoms with Crippen LogP contribution in [0.3, 0.4) is 0 Å². The van der Waals surface area contributed by atoms with Gasteiger partial charge in [0, 0.05) is 31.8 Å². The second kappa shape index (κ2) is 8.61. The summed E-state index contributed by atoms with van der Waals surface area (Å²) in [7, 11) is 5.82. The van der Waals surface area contributed by atoms with E-state index in [-0.39, 0.29) is 5.82 Å². The number of hydrogen-bond acceptors (Lipinski definition) is 4. The second-order valence-corrected chi connectivity index (χ2v) is 7.83. The van der Waals surface area contributed by atoms with Gasteiger partial charge in [-0.25, -0.2) is 18.9 Å². The monoisotopic (exact) mass is 397 g/mol. The maximum Gasteiger partial charge on any atom is 0.348 e. The summed E-state index contributed by atoms with van der Waals surface area (Å²) in [5.41, 5.74) is 2.49. The number of benzene rings is 2. The molecule has 1 N–H and O–H groups in total. The highest BCUT2D eigenvalue weighted by atomic mass is 19.1. The van der Waals surface area contributed by atoms with Crippen molar-refractivity contribution in [1.29, 1.82) is 0 Å². The Morgan fingerprint density at radius 1 is 1.10 bits per heavy atom. The molecule has 0 spiro atoms. The lowest BCUT2D eigenvalue weighted by atomic mass is 10.0. The van der Waals surface area contributed by atoms with Crippen LogP contribution in [0, 0.1) is 5.82 Å². The minimum atomic E-state index is -0.400. The molecule has 0 bridgehead atoms. The van der Waals surface area contributed by atoms with Crippen molar-refractivity contribution < 1.29 is 4.39 Å². The van der Waals surface area contributed by atoms with Gasteiger partial charge in [0.2, 0.25) is 0 Å². The van der Waals surface area contributed by atoms with E-state index in [2.05, 4.69) is 24.0 Å². The Hall–Kier alpha value is -2.93. The third kappa shape index (κ3) is 4.56. The molecule has 0 aliphatic carbocycles. The van der Waals surface area contributed by atoms with Crippen LogP contribution in [0.15, 0.2) is 47.3 Å². The lowest BCUT2D eigenvalue weighted by molar-refractivity contribution is 0.416. The van der Waals surface area contributed by atoms with Gasteiger partial charge in [-0.05, 0) is 43.8 Å². The molecule has 7 heteroatoms. The summed E-state index contributed by atoms with van der Waals surface area (Å²) in [5, 5.41) is 6.68. The first kappa shape index (κ1) is 20.8. The summed E-state index contributed by atoms with van der Waals surface area (Å²) in [5.74, 6) is 0.438. The van der Waals surface area contributed by atoms with Crippen molar-refractivity contribution >= 4 is 5.69 Å². The standard InChI is InChI=1S/C22H28FN5O/c1-15(2)16-7-6-8-17(13-16)21-24-25-22(29)28(21)18-9-10-20(19(23)14-18)27(5)12-11-26(3)4/h6-10,13-15H,11-12H2,1-5H3,(H,25,29). The summed E-state index contributed by atoms with van der Waals surface area (Å²) in [6.45, 7) is 5.73. The number of aromatic nitrogens is 3. The smallest absolute Gasteiger partial charge is 0.348 e. The normalized spacial score (nSPS) is 11.4. The van der Waals surface area contributed by atoms with Crippen LogP contribution >= 0.6 is 0 Å². The van der Waals surface area contributed by atoms with E-state index in [1.165, 1.54) is 10.6 Å². The Labute approximate surface area is 170 Å². The van der Waals surface area contributed by atoms with Gasteiger partial charge in [0.25, 0.3) is 0 Å². The van der Waals surface area contributed by atoms with Crippen molar-refractivity contribution in [2.45, 2.75) is 19.8 Å². The fraction of sp³-hybridized carbons (Fsp3) is 0.364. The van der Waals surface area contributed by atoms with Gasteiger partial charge in [-0.15, -0.1) is 0 Å². The number of anilines is 1. The number of H-pyrrole nitrogens is 1. The molecule has 0 radical (unpaired) electrons. The predicted octanol–water partition coefficient (Wildman–Crippen LogP) is 3.49. The summed E-state index contributed by atoms with van der Waals surface area (Å²) in [6.07, 6.45) is 0. The van der Waals surface area contributed by atoms with Gasteiger partial charge in [-0.1, -0.05) is 32.0 Å². The molecule has 0 unspecified atom stereocenters. The Morgan fingerprint density at radius 3 is 2.52 bits per heavy atom. The summed E-state index contributed by atoms with van der Waals surface area (Å²) in [4.78, 5) is 16.4. The molecular weight excluding hydrogens is 369 g/mol. The van der Waals surface area contributed by atoms with E-state index in [0.717, 1.165) is 17.7 Å². The molecule has 3 rings (SSSR count). The Kier molecular flexibility index (Phi) is 6.17. The number of rotatable bonds is 7. The molecule has 2 aromatic carbocycles. The second-order valence-electron chi connectivity index (χ2n) is 7.83. The molecule has 1 aromatic heterocycles. The number of nitrogens with one attached hydrogen (secondary N) is 1. The molecule has 0 saturated heterocycles. The summed E-state index contributed by atoms with van der Waals surface area (Å²) < 4.78 is 16.3. The minimum Gasteiger partial charge on any atom is -0.371 e. The lowest BCUT2D eigenvalue weighted by Crippen LogP contribution is -2.29.